The van der Waals surface area contributed by atoms with E-state index in [-0.39, 0.29) is 0 Å². The fraction of sp³-hybridized carbons (Fsp3) is 1.00. The fourth-order valence-electron chi connectivity index (χ4n) is 1.40. The van der Waals surface area contributed by atoms with Gasteiger partial charge in [0.15, 0.2) is 0 Å². The Bertz CT molecular complexity index is 96.4. The molecular weight excluding hydrogens is 204 g/mol. The van der Waals surface area contributed by atoms with Crippen LogP contribution >= 0.6 is 22.8 Å². The van der Waals surface area contributed by atoms with Crippen LogP contribution in [-0.4, -0.2) is 18.9 Å². The maximum Gasteiger partial charge on any atom is 0.116 e. The predicted octanol–water partition coefficient (Wildman–Crippen LogP) is 4.35. The van der Waals surface area contributed by atoms with E-state index >= 15 is 0 Å². The first-order valence-corrected chi connectivity index (χ1v) is 9.81. The van der Waals surface area contributed by atoms with E-state index in [9.17, 15) is 0 Å². The monoisotopic (exact) mass is 224 g/mol. The van der Waals surface area contributed by atoms with Crippen LogP contribution in [-0.2, 0) is 0 Å². The molecule has 0 aliphatic rings. The van der Waals surface area contributed by atoms with Gasteiger partial charge >= 0.3 is 0 Å². The number of hydrogen-bond donors (Lipinski definition) is 0. The average molecular weight is 225 g/mol. The van der Waals surface area contributed by atoms with Crippen molar-refractivity contribution in [2.24, 2.45) is 0 Å². The highest BCUT2D eigenvalue weighted by Gasteiger charge is 2.26. The molecule has 0 amide bonds. The standard InChI is InChI=1S/C9H21ClSSi/c1-4-12(5-2,6-3)11-9-7-8-10/h4-9H2,1-3H3. The maximum absolute atomic E-state index is 5.66. The third kappa shape index (κ3) is 4.20. The molecule has 0 saturated heterocycles. The average Bonchev–Trinajstić information content (AvgIpc) is 2.14. The van der Waals surface area contributed by atoms with Gasteiger partial charge in [-0.15, -0.1) is 11.6 Å². The van der Waals surface area contributed by atoms with Gasteiger partial charge in [0.05, 0.1) is 0 Å². The largest absolute Gasteiger partial charge is 0.185 e. The first-order chi connectivity index (χ1) is 5.74. The molecule has 0 saturated carbocycles. The first-order valence-electron chi connectivity index (χ1n) is 4.94. The first kappa shape index (κ1) is 12.9. The third-order valence-electron chi connectivity index (χ3n) is 2.62. The Morgan fingerprint density at radius 2 is 1.58 bits per heavy atom. The van der Waals surface area contributed by atoms with Crippen LogP contribution in [0.4, 0.5) is 0 Å². The molecule has 0 rings (SSSR count). The van der Waals surface area contributed by atoms with Crippen molar-refractivity contribution >= 4 is 30.0 Å². The van der Waals surface area contributed by atoms with Crippen LogP contribution in [0.5, 0.6) is 0 Å². The molecule has 0 aromatic heterocycles. The highest BCUT2D eigenvalue weighted by Crippen LogP contribution is 2.32. The Morgan fingerprint density at radius 1 is 1.08 bits per heavy atom. The molecule has 0 aromatic carbocycles. The molecule has 0 aliphatic heterocycles. The molecule has 0 unspecified atom stereocenters. The topological polar surface area (TPSA) is 0 Å². The lowest BCUT2D eigenvalue weighted by molar-refractivity contribution is 1.12. The molecular formula is C9H21ClSSi. The summed E-state index contributed by atoms with van der Waals surface area (Å²) in [6, 6.07) is 4.27. The smallest absolute Gasteiger partial charge is 0.116 e. The Balaban J connectivity index is 3.76. The van der Waals surface area contributed by atoms with Crippen molar-refractivity contribution in [3.05, 3.63) is 0 Å². The van der Waals surface area contributed by atoms with Gasteiger partial charge in [-0.3, -0.25) is 0 Å². The van der Waals surface area contributed by atoms with E-state index in [1.54, 1.807) is 0 Å². The minimum atomic E-state index is -0.897. The van der Waals surface area contributed by atoms with Gasteiger partial charge in [0, 0.05) is 5.88 Å². The molecule has 0 heterocycles. The van der Waals surface area contributed by atoms with Gasteiger partial charge in [-0.2, -0.15) is 11.2 Å². The molecule has 0 aliphatic carbocycles. The van der Waals surface area contributed by atoms with Gasteiger partial charge in [0.25, 0.3) is 0 Å². The summed E-state index contributed by atoms with van der Waals surface area (Å²) < 4.78 is 0. The lowest BCUT2D eigenvalue weighted by Gasteiger charge is -2.26. The molecule has 0 radical (unpaired) electrons. The quantitative estimate of drug-likeness (QED) is 0.352. The summed E-state index contributed by atoms with van der Waals surface area (Å²) in [7, 11) is -0.897. The van der Waals surface area contributed by atoms with Crippen molar-refractivity contribution in [2.45, 2.75) is 45.3 Å². The van der Waals surface area contributed by atoms with Gasteiger partial charge in [0.2, 0.25) is 0 Å². The number of hydrogen-bond acceptors (Lipinski definition) is 1. The summed E-state index contributed by atoms with van der Waals surface area (Å²) in [6.07, 6.45) is 1.18. The number of alkyl halides is 1. The zero-order valence-electron chi connectivity index (χ0n) is 8.53. The Kier molecular flexibility index (Phi) is 7.80. The minimum absolute atomic E-state index is 0.828. The van der Waals surface area contributed by atoms with E-state index in [1.165, 1.54) is 30.3 Å². The molecule has 0 spiro atoms. The molecule has 0 aromatic rings. The molecule has 74 valence electrons. The van der Waals surface area contributed by atoms with Gasteiger partial charge in [0.1, 0.15) is 7.22 Å². The van der Waals surface area contributed by atoms with E-state index in [0.717, 1.165) is 5.88 Å². The lowest BCUT2D eigenvalue weighted by atomic mass is 10.6. The fourth-order valence-corrected chi connectivity index (χ4v) is 8.09. The van der Waals surface area contributed by atoms with Gasteiger partial charge in [-0.05, 0) is 12.2 Å². The Morgan fingerprint density at radius 3 is 1.92 bits per heavy atom. The summed E-state index contributed by atoms with van der Waals surface area (Å²) in [5.41, 5.74) is 0. The second-order valence-corrected chi connectivity index (χ2v) is 12.2. The molecule has 0 N–H and O–H groups in total. The van der Waals surface area contributed by atoms with Crippen molar-refractivity contribution in [3.63, 3.8) is 0 Å². The van der Waals surface area contributed by atoms with E-state index in [2.05, 4.69) is 32.0 Å². The van der Waals surface area contributed by atoms with Crippen LogP contribution in [0.25, 0.3) is 0 Å². The van der Waals surface area contributed by atoms with Crippen LogP contribution in [0.3, 0.4) is 0 Å². The van der Waals surface area contributed by atoms with Crippen molar-refractivity contribution in [1.29, 1.82) is 0 Å². The van der Waals surface area contributed by atoms with Gasteiger partial charge in [-0.25, -0.2) is 0 Å². The highest BCUT2D eigenvalue weighted by atomic mass is 35.5. The van der Waals surface area contributed by atoms with E-state index in [4.69, 9.17) is 11.6 Å². The van der Waals surface area contributed by atoms with Crippen LogP contribution in [0.15, 0.2) is 0 Å². The van der Waals surface area contributed by atoms with E-state index in [1.807, 2.05) is 0 Å². The predicted molar refractivity (Wildman–Crippen MR) is 65.0 cm³/mol. The van der Waals surface area contributed by atoms with Crippen LogP contribution < -0.4 is 0 Å². The lowest BCUT2D eigenvalue weighted by Crippen LogP contribution is -2.27. The minimum Gasteiger partial charge on any atom is -0.185 e. The van der Waals surface area contributed by atoms with Crippen LogP contribution in [0.2, 0.25) is 18.1 Å². The number of rotatable bonds is 7. The van der Waals surface area contributed by atoms with Crippen molar-refractivity contribution in [3.8, 4) is 0 Å². The highest BCUT2D eigenvalue weighted by molar-refractivity contribution is 8.28. The third-order valence-corrected chi connectivity index (χ3v) is 12.9. The van der Waals surface area contributed by atoms with Gasteiger partial charge < -0.3 is 0 Å². The number of halogens is 1. The van der Waals surface area contributed by atoms with E-state index in [0.29, 0.717) is 0 Å². The van der Waals surface area contributed by atoms with Crippen molar-refractivity contribution in [2.75, 3.05) is 11.6 Å². The molecule has 0 atom stereocenters. The molecule has 12 heavy (non-hydrogen) atoms. The van der Waals surface area contributed by atoms with Crippen LogP contribution in [0.1, 0.15) is 27.2 Å². The summed E-state index contributed by atoms with van der Waals surface area (Å²) in [5.74, 6) is 2.11. The normalized spacial score (nSPS) is 12.0. The summed E-state index contributed by atoms with van der Waals surface area (Å²) >= 11 is 7.91. The SMILES string of the molecule is CC[Si](CC)(CC)SCCCCl. The van der Waals surface area contributed by atoms with Crippen molar-refractivity contribution in [1.82, 2.24) is 0 Å². The summed E-state index contributed by atoms with van der Waals surface area (Å²) in [4.78, 5) is 0. The zero-order valence-corrected chi connectivity index (χ0v) is 11.1. The molecule has 0 bridgehead atoms. The second kappa shape index (κ2) is 7.28. The summed E-state index contributed by atoms with van der Waals surface area (Å²) in [6.45, 7) is 7.06. The van der Waals surface area contributed by atoms with E-state index < -0.39 is 7.22 Å². The molecule has 3 heteroatoms. The molecule has 0 fully saturated rings. The van der Waals surface area contributed by atoms with Gasteiger partial charge in [-0.1, -0.05) is 38.9 Å². The summed E-state index contributed by atoms with van der Waals surface area (Å²) in [5, 5.41) is 0. The molecule has 0 nitrogen and oxygen atoms in total. The second-order valence-electron chi connectivity index (χ2n) is 3.13. The Hall–Kier alpha value is 0.857. The van der Waals surface area contributed by atoms with Crippen molar-refractivity contribution < 1.29 is 0 Å². The maximum atomic E-state index is 5.66. The Labute approximate surface area is 87.1 Å². The zero-order chi connectivity index (χ0) is 9.45. The van der Waals surface area contributed by atoms with Crippen LogP contribution in [0, 0.1) is 0 Å².